The van der Waals surface area contributed by atoms with Gasteiger partial charge in [-0.05, 0) is 19.8 Å². The van der Waals surface area contributed by atoms with Crippen LogP contribution in [0.2, 0.25) is 0 Å². The molecular formula is C16H25N3O7S2. The van der Waals surface area contributed by atoms with Crippen molar-refractivity contribution in [2.75, 3.05) is 13.1 Å². The zero-order chi connectivity index (χ0) is 21.0. The summed E-state index contributed by atoms with van der Waals surface area (Å²) in [4.78, 5) is 26.2. The maximum Gasteiger partial charge on any atom is 0.353 e. The molecule has 2 fully saturated rings. The number of hydrogen-bond acceptors (Lipinski definition) is 7. The Morgan fingerprint density at radius 3 is 2.54 bits per heavy atom. The Hall–Kier alpha value is -1.18. The SMILES string of the molecule is C[C@@H](O)C(O)C[C@@H]1C(=O)N2C(C(=O)O)=C(S[C@H]3CCN(S(N)(=O)=O)C3)[C@H](C)[C@H]12. The molecule has 10 nitrogen and oxygen atoms in total. The molecule has 158 valence electrons. The number of hydrogen-bond donors (Lipinski definition) is 4. The Balaban J connectivity index is 1.78. The summed E-state index contributed by atoms with van der Waals surface area (Å²) in [6, 6.07) is -0.384. The van der Waals surface area contributed by atoms with Crippen molar-refractivity contribution >= 4 is 33.8 Å². The maximum absolute atomic E-state index is 12.6. The lowest BCUT2D eigenvalue weighted by Crippen LogP contribution is -2.61. The summed E-state index contributed by atoms with van der Waals surface area (Å²) in [5.41, 5.74) is -0.0654. The molecule has 0 bridgehead atoms. The molecule has 0 aromatic carbocycles. The second-order valence-corrected chi connectivity index (χ2v) is 10.5. The number of β-lactam (4-membered cyclic amide) rings is 1. The smallest absolute Gasteiger partial charge is 0.353 e. The van der Waals surface area contributed by atoms with Gasteiger partial charge in [0.2, 0.25) is 5.91 Å². The molecular weight excluding hydrogens is 410 g/mol. The van der Waals surface area contributed by atoms with Crippen LogP contribution in [0.3, 0.4) is 0 Å². The number of nitrogens with zero attached hydrogens (tertiary/aromatic N) is 2. The van der Waals surface area contributed by atoms with Crippen LogP contribution in [0.25, 0.3) is 0 Å². The van der Waals surface area contributed by atoms with Crippen LogP contribution in [0.4, 0.5) is 0 Å². The first-order chi connectivity index (χ1) is 12.9. The molecule has 0 aromatic rings. The van der Waals surface area contributed by atoms with Gasteiger partial charge in [-0.15, -0.1) is 11.8 Å². The summed E-state index contributed by atoms with van der Waals surface area (Å²) >= 11 is 1.29. The highest BCUT2D eigenvalue weighted by molar-refractivity contribution is 8.03. The van der Waals surface area contributed by atoms with Crippen LogP contribution in [0, 0.1) is 11.8 Å². The first-order valence-corrected chi connectivity index (χ1v) is 11.4. The van der Waals surface area contributed by atoms with Gasteiger partial charge < -0.3 is 20.2 Å². The highest BCUT2D eigenvalue weighted by atomic mass is 32.2. The average Bonchev–Trinajstić information content (AvgIpc) is 3.15. The second-order valence-electron chi connectivity index (χ2n) is 7.59. The molecule has 12 heteroatoms. The predicted octanol–water partition coefficient (Wildman–Crippen LogP) is -1.10. The van der Waals surface area contributed by atoms with Crippen LogP contribution in [0.1, 0.15) is 26.7 Å². The summed E-state index contributed by atoms with van der Waals surface area (Å²) < 4.78 is 24.2. The number of fused-ring (bicyclic) bond motifs is 1. The number of nitrogens with two attached hydrogens (primary N) is 1. The maximum atomic E-state index is 12.6. The molecule has 0 spiro atoms. The zero-order valence-electron chi connectivity index (χ0n) is 15.6. The predicted molar refractivity (Wildman–Crippen MR) is 101 cm³/mol. The van der Waals surface area contributed by atoms with Gasteiger partial charge in [0.05, 0.1) is 24.2 Å². The molecule has 6 atom stereocenters. The first-order valence-electron chi connectivity index (χ1n) is 9.04. The molecule has 5 N–H and O–H groups in total. The number of aliphatic hydroxyl groups is 2. The molecule has 0 saturated carbocycles. The largest absolute Gasteiger partial charge is 0.477 e. The topological polar surface area (TPSA) is 161 Å². The van der Waals surface area contributed by atoms with E-state index in [0.717, 1.165) is 4.31 Å². The second kappa shape index (κ2) is 7.58. The Morgan fingerprint density at radius 2 is 2.04 bits per heavy atom. The van der Waals surface area contributed by atoms with Crippen LogP contribution < -0.4 is 5.14 Å². The third-order valence-corrected chi connectivity index (χ3v) is 8.27. The molecule has 0 radical (unpaired) electrons. The van der Waals surface area contributed by atoms with Crippen LogP contribution in [0.15, 0.2) is 10.6 Å². The van der Waals surface area contributed by atoms with E-state index < -0.39 is 34.3 Å². The van der Waals surface area contributed by atoms with E-state index in [1.54, 1.807) is 0 Å². The van der Waals surface area contributed by atoms with Gasteiger partial charge in [-0.2, -0.15) is 12.7 Å². The molecule has 3 heterocycles. The number of carboxylic acid groups (broad SMARTS) is 1. The van der Waals surface area contributed by atoms with E-state index in [-0.39, 0.29) is 48.3 Å². The van der Waals surface area contributed by atoms with E-state index >= 15 is 0 Å². The fraction of sp³-hybridized carbons (Fsp3) is 0.750. The van der Waals surface area contributed by atoms with Gasteiger partial charge in [0.1, 0.15) is 5.70 Å². The minimum Gasteiger partial charge on any atom is -0.477 e. The van der Waals surface area contributed by atoms with Gasteiger partial charge in [0.15, 0.2) is 0 Å². The molecule has 0 aromatic heterocycles. The summed E-state index contributed by atoms with van der Waals surface area (Å²) in [5, 5.41) is 34.1. The lowest BCUT2D eigenvalue weighted by Gasteiger charge is -2.46. The molecule has 28 heavy (non-hydrogen) atoms. The van der Waals surface area contributed by atoms with Crippen molar-refractivity contribution in [2.24, 2.45) is 17.0 Å². The van der Waals surface area contributed by atoms with Crippen LogP contribution in [-0.2, 0) is 19.8 Å². The monoisotopic (exact) mass is 435 g/mol. The number of carbonyl (C=O) groups is 2. The fourth-order valence-electron chi connectivity index (χ4n) is 4.16. The van der Waals surface area contributed by atoms with E-state index in [1.165, 1.54) is 23.6 Å². The fourth-order valence-corrected chi connectivity index (χ4v) is 6.49. The summed E-state index contributed by atoms with van der Waals surface area (Å²) in [5.74, 6) is -2.40. The van der Waals surface area contributed by atoms with Gasteiger partial charge >= 0.3 is 5.97 Å². The highest BCUT2D eigenvalue weighted by Gasteiger charge is 2.59. The average molecular weight is 436 g/mol. The highest BCUT2D eigenvalue weighted by Crippen LogP contribution is 2.52. The molecule has 1 amide bonds. The first kappa shape index (κ1) is 21.5. The number of carbonyl (C=O) groups excluding carboxylic acids is 1. The van der Waals surface area contributed by atoms with Crippen molar-refractivity contribution in [1.82, 2.24) is 9.21 Å². The lowest BCUT2D eigenvalue weighted by atomic mass is 9.78. The third kappa shape index (κ3) is 3.68. The van der Waals surface area contributed by atoms with Gasteiger partial charge in [-0.25, -0.2) is 9.93 Å². The standard InChI is InChI=1S/C16H25N3O7S2/c1-7-12-10(5-11(21)8(2)20)15(22)19(12)13(16(23)24)14(7)27-9-3-4-18(6-9)28(17,25)26/h7-12,20-21H,3-6H2,1-2H3,(H,23,24)(H2,17,25,26)/t7-,8-,9+,10+,11?,12-/m1/s1. The van der Waals surface area contributed by atoms with E-state index in [9.17, 15) is 33.3 Å². The number of aliphatic carboxylic acids is 1. The normalized spacial score (nSPS) is 33.0. The minimum absolute atomic E-state index is 0.0650. The van der Waals surface area contributed by atoms with Crippen molar-refractivity contribution in [3.05, 3.63) is 10.6 Å². The van der Waals surface area contributed by atoms with E-state index in [4.69, 9.17) is 5.14 Å². The van der Waals surface area contributed by atoms with Gasteiger partial charge in [-0.3, -0.25) is 4.79 Å². The number of amides is 1. The number of rotatable bonds is 7. The number of aliphatic hydroxyl groups excluding tert-OH is 2. The Bertz CT molecular complexity index is 813. The Labute approximate surface area is 167 Å². The van der Waals surface area contributed by atoms with E-state index in [2.05, 4.69) is 0 Å². The van der Waals surface area contributed by atoms with Gasteiger partial charge in [0.25, 0.3) is 10.2 Å². The minimum atomic E-state index is -3.79. The molecule has 3 rings (SSSR count). The lowest BCUT2D eigenvalue weighted by molar-refractivity contribution is -0.159. The zero-order valence-corrected chi connectivity index (χ0v) is 17.2. The third-order valence-electron chi connectivity index (χ3n) is 5.68. The van der Waals surface area contributed by atoms with Crippen molar-refractivity contribution < 1.29 is 33.3 Å². The van der Waals surface area contributed by atoms with Gasteiger partial charge in [-0.1, -0.05) is 6.92 Å². The van der Waals surface area contributed by atoms with E-state index in [0.29, 0.717) is 11.3 Å². The number of thioether (sulfide) groups is 1. The molecule has 3 aliphatic heterocycles. The van der Waals surface area contributed by atoms with Crippen LogP contribution in [-0.4, -0.2) is 81.4 Å². The van der Waals surface area contributed by atoms with Gasteiger partial charge in [0, 0.05) is 29.2 Å². The van der Waals surface area contributed by atoms with Crippen LogP contribution in [0.5, 0.6) is 0 Å². The van der Waals surface area contributed by atoms with Crippen molar-refractivity contribution in [1.29, 1.82) is 0 Å². The Morgan fingerprint density at radius 1 is 1.39 bits per heavy atom. The molecule has 2 saturated heterocycles. The molecule has 0 aliphatic carbocycles. The molecule has 1 unspecified atom stereocenters. The van der Waals surface area contributed by atoms with Crippen molar-refractivity contribution in [3.8, 4) is 0 Å². The number of carboxylic acids is 1. The quantitative estimate of drug-likeness (QED) is 0.366. The van der Waals surface area contributed by atoms with Crippen LogP contribution >= 0.6 is 11.8 Å². The Kier molecular flexibility index (Phi) is 5.82. The van der Waals surface area contributed by atoms with Crippen molar-refractivity contribution in [2.45, 2.75) is 50.2 Å². The molecule has 3 aliphatic rings. The van der Waals surface area contributed by atoms with E-state index in [1.807, 2.05) is 6.92 Å². The van der Waals surface area contributed by atoms with Crippen molar-refractivity contribution in [3.63, 3.8) is 0 Å². The summed E-state index contributed by atoms with van der Waals surface area (Å²) in [7, 11) is -3.79. The summed E-state index contributed by atoms with van der Waals surface area (Å²) in [6.07, 6.45) is -1.45. The summed E-state index contributed by atoms with van der Waals surface area (Å²) in [6.45, 7) is 3.73.